The standard InChI is InChI=1S/C10H21NO4S/c1-8(2)9(7-16(11,12)13)5-15-10-3-4-14-6-10/h8-10H,3-7H2,1-2H3,(H2,11,12,13). The van der Waals surface area contributed by atoms with Crippen molar-refractivity contribution in [3.63, 3.8) is 0 Å². The average molecular weight is 251 g/mol. The van der Waals surface area contributed by atoms with Gasteiger partial charge in [0.2, 0.25) is 10.0 Å². The third-order valence-electron chi connectivity index (χ3n) is 2.82. The highest BCUT2D eigenvalue weighted by atomic mass is 32.2. The fourth-order valence-corrected chi connectivity index (χ4v) is 2.71. The van der Waals surface area contributed by atoms with Gasteiger partial charge in [-0.1, -0.05) is 13.8 Å². The zero-order valence-corrected chi connectivity index (χ0v) is 10.7. The molecular formula is C10H21NO4S. The summed E-state index contributed by atoms with van der Waals surface area (Å²) in [6, 6.07) is 0. The predicted octanol–water partition coefficient (Wildman–Crippen LogP) is 0.353. The summed E-state index contributed by atoms with van der Waals surface area (Å²) in [4.78, 5) is 0. The van der Waals surface area contributed by atoms with E-state index in [1.165, 1.54) is 0 Å². The maximum Gasteiger partial charge on any atom is 0.209 e. The van der Waals surface area contributed by atoms with Crippen molar-refractivity contribution in [3.8, 4) is 0 Å². The molecule has 96 valence electrons. The maximum absolute atomic E-state index is 11.0. The fourth-order valence-electron chi connectivity index (χ4n) is 1.64. The first kappa shape index (κ1) is 13.9. The molecule has 1 fully saturated rings. The van der Waals surface area contributed by atoms with E-state index < -0.39 is 10.0 Å². The van der Waals surface area contributed by atoms with Crippen molar-refractivity contribution in [3.05, 3.63) is 0 Å². The van der Waals surface area contributed by atoms with Gasteiger partial charge in [0.25, 0.3) is 0 Å². The monoisotopic (exact) mass is 251 g/mol. The molecule has 1 aliphatic rings. The summed E-state index contributed by atoms with van der Waals surface area (Å²) in [5, 5.41) is 5.05. The molecule has 0 aromatic carbocycles. The van der Waals surface area contributed by atoms with E-state index in [4.69, 9.17) is 14.6 Å². The van der Waals surface area contributed by atoms with Crippen LogP contribution < -0.4 is 5.14 Å². The highest BCUT2D eigenvalue weighted by Gasteiger charge is 2.23. The van der Waals surface area contributed by atoms with E-state index in [0.717, 1.165) is 13.0 Å². The van der Waals surface area contributed by atoms with Crippen LogP contribution in [-0.4, -0.2) is 40.1 Å². The molecule has 5 nitrogen and oxygen atoms in total. The van der Waals surface area contributed by atoms with E-state index in [-0.39, 0.29) is 23.7 Å². The molecule has 0 aromatic rings. The van der Waals surface area contributed by atoms with Gasteiger partial charge in [-0.25, -0.2) is 13.6 Å². The SMILES string of the molecule is CC(C)C(COC1CCOC1)CS(N)(=O)=O. The van der Waals surface area contributed by atoms with Crippen molar-refractivity contribution < 1.29 is 17.9 Å². The topological polar surface area (TPSA) is 78.6 Å². The Balaban J connectivity index is 2.38. The van der Waals surface area contributed by atoms with Crippen LogP contribution in [0.1, 0.15) is 20.3 Å². The summed E-state index contributed by atoms with van der Waals surface area (Å²) in [6.45, 7) is 5.73. The van der Waals surface area contributed by atoms with E-state index in [9.17, 15) is 8.42 Å². The van der Waals surface area contributed by atoms with E-state index >= 15 is 0 Å². The van der Waals surface area contributed by atoms with E-state index in [2.05, 4.69) is 0 Å². The van der Waals surface area contributed by atoms with Crippen LogP contribution in [0.15, 0.2) is 0 Å². The summed E-state index contributed by atoms with van der Waals surface area (Å²) >= 11 is 0. The highest BCUT2D eigenvalue weighted by molar-refractivity contribution is 7.89. The molecule has 0 radical (unpaired) electrons. The van der Waals surface area contributed by atoms with Crippen LogP contribution in [0, 0.1) is 11.8 Å². The molecule has 0 aliphatic carbocycles. The molecule has 6 heteroatoms. The molecule has 1 heterocycles. The summed E-state index contributed by atoms with van der Waals surface area (Å²) in [6.07, 6.45) is 1.00. The Kier molecular flexibility index (Phi) is 5.17. The first-order valence-electron chi connectivity index (χ1n) is 5.58. The number of nitrogens with two attached hydrogens (primary N) is 1. The normalized spacial score (nSPS) is 23.9. The van der Waals surface area contributed by atoms with Crippen molar-refractivity contribution >= 4 is 10.0 Å². The molecule has 0 bridgehead atoms. The quantitative estimate of drug-likeness (QED) is 0.739. The lowest BCUT2D eigenvalue weighted by Gasteiger charge is -2.21. The second-order valence-corrected chi connectivity index (χ2v) is 6.31. The van der Waals surface area contributed by atoms with E-state index in [0.29, 0.717) is 13.2 Å². The van der Waals surface area contributed by atoms with Gasteiger partial charge in [0.05, 0.1) is 25.1 Å². The van der Waals surface area contributed by atoms with Crippen LogP contribution in [0.5, 0.6) is 0 Å². The molecule has 2 unspecified atom stereocenters. The highest BCUT2D eigenvalue weighted by Crippen LogP contribution is 2.16. The van der Waals surface area contributed by atoms with Crippen LogP contribution in [0.25, 0.3) is 0 Å². The molecule has 16 heavy (non-hydrogen) atoms. The smallest absolute Gasteiger partial charge is 0.209 e. The lowest BCUT2D eigenvalue weighted by molar-refractivity contribution is 0.0176. The Morgan fingerprint density at radius 2 is 2.19 bits per heavy atom. The van der Waals surface area contributed by atoms with Crippen LogP contribution in [0.3, 0.4) is 0 Å². The fraction of sp³-hybridized carbons (Fsp3) is 1.00. The molecule has 2 atom stereocenters. The van der Waals surface area contributed by atoms with Gasteiger partial charge in [-0.15, -0.1) is 0 Å². The van der Waals surface area contributed by atoms with E-state index in [1.807, 2.05) is 13.8 Å². The van der Waals surface area contributed by atoms with Gasteiger partial charge in [-0.2, -0.15) is 0 Å². The molecule has 1 rings (SSSR count). The Labute approximate surface area is 97.3 Å². The Morgan fingerprint density at radius 3 is 2.62 bits per heavy atom. The van der Waals surface area contributed by atoms with Gasteiger partial charge in [-0.3, -0.25) is 0 Å². The summed E-state index contributed by atoms with van der Waals surface area (Å²) in [7, 11) is -3.43. The van der Waals surface area contributed by atoms with Gasteiger partial charge in [0, 0.05) is 6.61 Å². The second-order valence-electron chi connectivity index (χ2n) is 4.65. The molecule has 0 saturated carbocycles. The van der Waals surface area contributed by atoms with Gasteiger partial charge >= 0.3 is 0 Å². The molecule has 0 spiro atoms. The predicted molar refractivity (Wildman–Crippen MR) is 61.5 cm³/mol. The zero-order valence-electron chi connectivity index (χ0n) is 9.89. The molecule has 0 aromatic heterocycles. The van der Waals surface area contributed by atoms with Gasteiger partial charge in [-0.05, 0) is 18.3 Å². The Bertz CT molecular complexity index is 296. The van der Waals surface area contributed by atoms with Crippen molar-refractivity contribution in [1.82, 2.24) is 0 Å². The Morgan fingerprint density at radius 1 is 1.50 bits per heavy atom. The van der Waals surface area contributed by atoms with Crippen LogP contribution >= 0.6 is 0 Å². The number of primary sulfonamides is 1. The molecule has 1 saturated heterocycles. The lowest BCUT2D eigenvalue weighted by Crippen LogP contribution is -2.31. The largest absolute Gasteiger partial charge is 0.379 e. The summed E-state index contributed by atoms with van der Waals surface area (Å²) in [5.41, 5.74) is 0. The van der Waals surface area contributed by atoms with Crippen molar-refractivity contribution in [2.75, 3.05) is 25.6 Å². The molecule has 0 amide bonds. The summed E-state index contributed by atoms with van der Waals surface area (Å²) in [5.74, 6) is 0.175. The number of ether oxygens (including phenoxy) is 2. The third kappa shape index (κ3) is 5.25. The second kappa shape index (κ2) is 5.95. The average Bonchev–Trinajstić information content (AvgIpc) is 2.62. The van der Waals surface area contributed by atoms with Crippen LogP contribution in [-0.2, 0) is 19.5 Å². The maximum atomic E-state index is 11.0. The Hall–Kier alpha value is -0.170. The third-order valence-corrected chi connectivity index (χ3v) is 3.72. The molecule has 2 N–H and O–H groups in total. The van der Waals surface area contributed by atoms with Crippen LogP contribution in [0.4, 0.5) is 0 Å². The number of hydrogen-bond acceptors (Lipinski definition) is 4. The van der Waals surface area contributed by atoms with Gasteiger partial charge < -0.3 is 9.47 Å². The first-order valence-corrected chi connectivity index (χ1v) is 7.30. The van der Waals surface area contributed by atoms with Gasteiger partial charge in [0.15, 0.2) is 0 Å². The van der Waals surface area contributed by atoms with Crippen LogP contribution in [0.2, 0.25) is 0 Å². The summed E-state index contributed by atoms with van der Waals surface area (Å²) < 4.78 is 32.9. The first-order chi connectivity index (χ1) is 7.38. The minimum absolute atomic E-state index is 0.0156. The van der Waals surface area contributed by atoms with Crippen molar-refractivity contribution in [2.45, 2.75) is 26.4 Å². The minimum atomic E-state index is -3.43. The van der Waals surface area contributed by atoms with E-state index in [1.54, 1.807) is 0 Å². The number of rotatable bonds is 6. The number of sulfonamides is 1. The zero-order chi connectivity index (χ0) is 12.2. The minimum Gasteiger partial charge on any atom is -0.379 e. The molecule has 1 aliphatic heterocycles. The lowest BCUT2D eigenvalue weighted by atomic mass is 9.99. The van der Waals surface area contributed by atoms with Crippen molar-refractivity contribution in [1.29, 1.82) is 0 Å². The number of hydrogen-bond donors (Lipinski definition) is 1. The van der Waals surface area contributed by atoms with Crippen molar-refractivity contribution in [2.24, 2.45) is 17.0 Å². The molecular weight excluding hydrogens is 230 g/mol. The van der Waals surface area contributed by atoms with Gasteiger partial charge in [0.1, 0.15) is 0 Å².